The normalized spacial score (nSPS) is 18.6. The summed E-state index contributed by atoms with van der Waals surface area (Å²) >= 11 is 0. The molecule has 1 heterocycles. The molecule has 13 heteroatoms. The second-order valence-corrected chi connectivity index (χ2v) is 13.9. The number of esters is 3. The van der Waals surface area contributed by atoms with Gasteiger partial charge in [0.1, 0.15) is 18.8 Å². The van der Waals surface area contributed by atoms with E-state index in [-0.39, 0.29) is 29.9 Å². The Hall–Kier alpha value is -5.46. The van der Waals surface area contributed by atoms with Gasteiger partial charge in [-0.2, -0.15) is 0 Å². The quantitative estimate of drug-likeness (QED) is 0.0523. The second kappa shape index (κ2) is 19.2. The Morgan fingerprint density at radius 1 is 0.600 bits per heavy atom. The summed E-state index contributed by atoms with van der Waals surface area (Å²) < 4.78 is 62.0. The average molecular weight is 767 g/mol. The Morgan fingerprint density at radius 3 is 1.51 bits per heavy atom. The number of ether oxygens (including phenoxy) is 5. The predicted molar refractivity (Wildman–Crippen MR) is 199 cm³/mol. The van der Waals surface area contributed by atoms with Crippen molar-refractivity contribution in [3.05, 3.63) is 179 Å². The van der Waals surface area contributed by atoms with Gasteiger partial charge < -0.3 is 23.7 Å². The Kier molecular flexibility index (Phi) is 13.7. The standard InChI is InChI=1S/C42H39O12P/c1-47-37-36(35(51-40(44)33-23-13-5-14-24-33)29-48-39(43)32-21-11-4-12-22-32)53-42(38(37)52-41(45)34-25-15-6-16-26-34)54-55(46,49-27-30-17-7-2-8-18-30)50-28-31-19-9-3-10-20-31/h2-26,35-38,42H,27-29H2,1H3/t35-,36+,37+,38-,42-/m1/s1. The van der Waals surface area contributed by atoms with Gasteiger partial charge in [-0.05, 0) is 47.5 Å². The van der Waals surface area contributed by atoms with E-state index in [1.54, 1.807) is 140 Å². The Morgan fingerprint density at radius 2 is 1.04 bits per heavy atom. The average Bonchev–Trinajstić information content (AvgIpc) is 3.57. The SMILES string of the molecule is CO[C@H]1[C@H]([C@@H](COC(=O)c2ccccc2)OC(=O)c2ccccc2)O[C@H](OP(=O)(OCc2ccccc2)OCc2ccccc2)[C@@H]1OC(=O)c1ccccc1. The lowest BCUT2D eigenvalue weighted by molar-refractivity contribution is -0.151. The van der Waals surface area contributed by atoms with Crippen molar-refractivity contribution >= 4 is 25.7 Å². The van der Waals surface area contributed by atoms with E-state index in [4.69, 9.17) is 37.3 Å². The number of hydrogen-bond donors (Lipinski definition) is 0. The van der Waals surface area contributed by atoms with Crippen molar-refractivity contribution in [1.82, 2.24) is 0 Å². The third-order valence-electron chi connectivity index (χ3n) is 8.45. The number of phosphoric acid groups is 1. The summed E-state index contributed by atoms with van der Waals surface area (Å²) in [6.07, 6.45) is -6.98. The molecule has 0 bridgehead atoms. The minimum absolute atomic E-state index is 0.169. The van der Waals surface area contributed by atoms with Crippen molar-refractivity contribution in [3.63, 3.8) is 0 Å². The Balaban J connectivity index is 1.32. The molecule has 0 unspecified atom stereocenters. The van der Waals surface area contributed by atoms with Crippen LogP contribution in [0.1, 0.15) is 42.2 Å². The molecule has 0 saturated carbocycles. The van der Waals surface area contributed by atoms with E-state index in [2.05, 4.69) is 0 Å². The molecular weight excluding hydrogens is 727 g/mol. The number of methoxy groups -OCH3 is 1. The van der Waals surface area contributed by atoms with Crippen molar-refractivity contribution < 1.29 is 56.2 Å². The highest BCUT2D eigenvalue weighted by Gasteiger charge is 2.55. The smallest absolute Gasteiger partial charge is 0.458 e. The lowest BCUT2D eigenvalue weighted by atomic mass is 10.1. The third kappa shape index (κ3) is 10.8. The molecule has 1 aliphatic rings. The highest BCUT2D eigenvalue weighted by Crippen LogP contribution is 2.54. The highest BCUT2D eigenvalue weighted by atomic mass is 31.2. The van der Waals surface area contributed by atoms with Gasteiger partial charge in [0.25, 0.3) is 0 Å². The van der Waals surface area contributed by atoms with Gasteiger partial charge in [0.15, 0.2) is 12.2 Å². The van der Waals surface area contributed by atoms with Crippen molar-refractivity contribution in [1.29, 1.82) is 0 Å². The van der Waals surface area contributed by atoms with E-state index in [0.717, 1.165) is 0 Å². The molecular formula is C42H39O12P. The molecule has 0 aliphatic carbocycles. The molecule has 0 N–H and O–H groups in total. The monoisotopic (exact) mass is 766 g/mol. The van der Waals surface area contributed by atoms with E-state index in [1.165, 1.54) is 7.11 Å². The Labute approximate surface area is 318 Å². The number of benzene rings is 5. The first-order chi connectivity index (χ1) is 26.8. The molecule has 0 aromatic heterocycles. The van der Waals surface area contributed by atoms with Gasteiger partial charge in [0.05, 0.1) is 29.9 Å². The molecule has 5 aromatic carbocycles. The highest BCUT2D eigenvalue weighted by molar-refractivity contribution is 7.48. The molecule has 5 aromatic rings. The van der Waals surface area contributed by atoms with Gasteiger partial charge >= 0.3 is 25.7 Å². The first-order valence-electron chi connectivity index (χ1n) is 17.4. The fourth-order valence-electron chi connectivity index (χ4n) is 5.66. The lowest BCUT2D eigenvalue weighted by Gasteiger charge is -2.27. The topological polar surface area (TPSA) is 142 Å². The number of carbonyl (C=O) groups excluding carboxylic acids is 3. The number of rotatable bonds is 17. The molecule has 0 amide bonds. The molecule has 6 rings (SSSR count). The van der Waals surface area contributed by atoms with E-state index < -0.39 is 63.0 Å². The first-order valence-corrected chi connectivity index (χ1v) is 18.9. The molecule has 0 spiro atoms. The van der Waals surface area contributed by atoms with Crippen molar-refractivity contribution in [3.8, 4) is 0 Å². The van der Waals surface area contributed by atoms with Crippen LogP contribution in [0.4, 0.5) is 0 Å². The number of hydrogen-bond acceptors (Lipinski definition) is 12. The van der Waals surface area contributed by atoms with E-state index >= 15 is 0 Å². The zero-order valence-electron chi connectivity index (χ0n) is 29.8. The molecule has 1 fully saturated rings. The summed E-state index contributed by atoms with van der Waals surface area (Å²) in [5.74, 6) is -2.23. The lowest BCUT2D eigenvalue weighted by Crippen LogP contribution is -2.46. The fraction of sp³-hybridized carbons (Fsp3) is 0.214. The van der Waals surface area contributed by atoms with Crippen LogP contribution in [-0.2, 0) is 55.0 Å². The number of phosphoric ester groups is 1. The summed E-state index contributed by atoms with van der Waals surface area (Å²) in [5, 5.41) is 0. The maximum Gasteiger partial charge on any atom is 0.477 e. The molecule has 1 saturated heterocycles. The summed E-state index contributed by atoms with van der Waals surface area (Å²) in [5.41, 5.74) is 2.02. The maximum atomic E-state index is 14.5. The van der Waals surface area contributed by atoms with Crippen LogP contribution in [0.25, 0.3) is 0 Å². The number of carbonyl (C=O) groups is 3. The van der Waals surface area contributed by atoms with Gasteiger partial charge in [0, 0.05) is 7.11 Å². The fourth-order valence-corrected chi connectivity index (χ4v) is 6.90. The summed E-state index contributed by atoms with van der Waals surface area (Å²) in [4.78, 5) is 40.1. The molecule has 55 heavy (non-hydrogen) atoms. The second-order valence-electron chi connectivity index (χ2n) is 12.3. The van der Waals surface area contributed by atoms with Crippen molar-refractivity contribution in [2.75, 3.05) is 13.7 Å². The van der Waals surface area contributed by atoms with E-state index in [1.807, 2.05) is 12.1 Å². The summed E-state index contributed by atoms with van der Waals surface area (Å²) in [7, 11) is -3.23. The van der Waals surface area contributed by atoms with Gasteiger partial charge in [0.2, 0.25) is 6.29 Å². The van der Waals surface area contributed by atoms with E-state index in [9.17, 15) is 18.9 Å². The first kappa shape index (κ1) is 39.2. The van der Waals surface area contributed by atoms with Crippen LogP contribution in [0.15, 0.2) is 152 Å². The van der Waals surface area contributed by atoms with Crippen molar-refractivity contribution in [2.24, 2.45) is 0 Å². The van der Waals surface area contributed by atoms with Crippen LogP contribution < -0.4 is 0 Å². The van der Waals surface area contributed by atoms with Gasteiger partial charge in [-0.15, -0.1) is 0 Å². The van der Waals surface area contributed by atoms with Gasteiger partial charge in [-0.1, -0.05) is 115 Å². The molecule has 12 nitrogen and oxygen atoms in total. The van der Waals surface area contributed by atoms with Crippen LogP contribution in [0.3, 0.4) is 0 Å². The van der Waals surface area contributed by atoms with Crippen LogP contribution >= 0.6 is 7.82 Å². The minimum atomic E-state index is -4.56. The minimum Gasteiger partial charge on any atom is -0.458 e. The van der Waals surface area contributed by atoms with E-state index in [0.29, 0.717) is 11.1 Å². The molecule has 5 atom stereocenters. The summed E-state index contributed by atoms with van der Waals surface area (Å²) in [6, 6.07) is 42.5. The van der Waals surface area contributed by atoms with Crippen LogP contribution in [0.2, 0.25) is 0 Å². The largest absolute Gasteiger partial charge is 0.477 e. The zero-order chi connectivity index (χ0) is 38.5. The molecule has 0 radical (unpaired) electrons. The molecule has 1 aliphatic heterocycles. The van der Waals surface area contributed by atoms with Gasteiger partial charge in [-0.3, -0.25) is 13.6 Å². The predicted octanol–water partition coefficient (Wildman–Crippen LogP) is 7.59. The molecule has 284 valence electrons. The van der Waals surface area contributed by atoms with Crippen molar-refractivity contribution in [2.45, 2.75) is 43.9 Å². The van der Waals surface area contributed by atoms with Crippen LogP contribution in [-0.4, -0.2) is 62.3 Å². The summed E-state index contributed by atoms with van der Waals surface area (Å²) in [6.45, 7) is -0.842. The zero-order valence-corrected chi connectivity index (χ0v) is 30.7. The maximum absolute atomic E-state index is 14.5. The Bertz CT molecular complexity index is 1970. The van der Waals surface area contributed by atoms with Crippen LogP contribution in [0.5, 0.6) is 0 Å². The van der Waals surface area contributed by atoms with Gasteiger partial charge in [-0.25, -0.2) is 18.9 Å². The third-order valence-corrected chi connectivity index (χ3v) is 9.81. The van der Waals surface area contributed by atoms with Crippen LogP contribution in [0, 0.1) is 0 Å².